The lowest BCUT2D eigenvalue weighted by atomic mass is 10.1. The Morgan fingerprint density at radius 3 is 2.46 bits per heavy atom. The molecule has 0 fully saturated rings. The number of hydrogen-bond acceptors (Lipinski definition) is 3. The predicted molar refractivity (Wildman–Crippen MR) is 105 cm³/mol. The summed E-state index contributed by atoms with van der Waals surface area (Å²) in [6.07, 6.45) is 0. The van der Waals surface area contributed by atoms with E-state index in [1.54, 1.807) is 26.3 Å². The van der Waals surface area contributed by atoms with Crippen molar-refractivity contribution in [3.05, 3.63) is 65.2 Å². The Labute approximate surface area is 154 Å². The second-order valence-electron chi connectivity index (χ2n) is 5.79. The van der Waals surface area contributed by atoms with Crippen molar-refractivity contribution in [2.24, 2.45) is 4.99 Å². The number of ether oxygens (including phenoxy) is 1. The molecule has 2 aromatic carbocycles. The molecule has 2 rings (SSSR count). The van der Waals surface area contributed by atoms with Gasteiger partial charge in [-0.15, -0.1) is 0 Å². The van der Waals surface area contributed by atoms with Crippen molar-refractivity contribution in [3.8, 4) is 5.75 Å². The Bertz CT molecular complexity index is 745. The van der Waals surface area contributed by atoms with E-state index in [1.165, 1.54) is 0 Å². The highest BCUT2D eigenvalue weighted by Gasteiger charge is 2.06. The van der Waals surface area contributed by atoms with Crippen molar-refractivity contribution in [2.45, 2.75) is 13.5 Å². The fourth-order valence-electron chi connectivity index (χ4n) is 2.45. The first-order valence-corrected chi connectivity index (χ1v) is 8.55. The first-order chi connectivity index (χ1) is 12.6. The minimum absolute atomic E-state index is 0.0836. The highest BCUT2D eigenvalue weighted by atomic mass is 16.5. The predicted octanol–water partition coefficient (Wildman–Crippen LogP) is 2.10. The van der Waals surface area contributed by atoms with E-state index in [0.29, 0.717) is 31.2 Å². The van der Waals surface area contributed by atoms with E-state index in [2.05, 4.69) is 27.0 Å². The summed E-state index contributed by atoms with van der Waals surface area (Å²) in [7, 11) is 3.38. The lowest BCUT2D eigenvalue weighted by Crippen LogP contribution is -2.41. The van der Waals surface area contributed by atoms with Crippen LogP contribution in [0.1, 0.15) is 21.5 Å². The van der Waals surface area contributed by atoms with Crippen LogP contribution in [0.5, 0.6) is 5.75 Å². The van der Waals surface area contributed by atoms with Crippen LogP contribution in [-0.4, -0.2) is 39.1 Å². The summed E-state index contributed by atoms with van der Waals surface area (Å²) < 4.78 is 5.41. The Kier molecular flexibility index (Phi) is 7.49. The standard InChI is InChI=1S/C20H26N4O2/c1-15-9-10-17(18(13-15)26-3)14-24-20(21-2)23-12-11-22-19(25)16-7-5-4-6-8-16/h4-10,13H,11-12,14H2,1-3H3,(H,22,25)(H2,21,23,24). The molecule has 0 atom stereocenters. The summed E-state index contributed by atoms with van der Waals surface area (Å²) in [6.45, 7) is 3.70. The summed E-state index contributed by atoms with van der Waals surface area (Å²) in [5, 5.41) is 9.30. The molecule has 0 heterocycles. The molecule has 2 aromatic rings. The topological polar surface area (TPSA) is 74.8 Å². The Balaban J connectivity index is 1.75. The van der Waals surface area contributed by atoms with Crippen molar-refractivity contribution < 1.29 is 9.53 Å². The number of aryl methyl sites for hydroxylation is 1. The van der Waals surface area contributed by atoms with E-state index in [-0.39, 0.29) is 5.91 Å². The van der Waals surface area contributed by atoms with E-state index < -0.39 is 0 Å². The molecule has 0 bridgehead atoms. The molecule has 3 N–H and O–H groups in total. The number of guanidine groups is 1. The number of amides is 1. The Morgan fingerprint density at radius 2 is 1.77 bits per heavy atom. The zero-order chi connectivity index (χ0) is 18.8. The zero-order valence-electron chi connectivity index (χ0n) is 15.5. The molecule has 0 aromatic heterocycles. The third kappa shape index (κ3) is 5.81. The number of benzene rings is 2. The number of hydrogen-bond donors (Lipinski definition) is 3. The number of nitrogens with zero attached hydrogens (tertiary/aromatic N) is 1. The smallest absolute Gasteiger partial charge is 0.251 e. The van der Waals surface area contributed by atoms with Gasteiger partial charge in [0, 0.05) is 37.8 Å². The van der Waals surface area contributed by atoms with Gasteiger partial charge >= 0.3 is 0 Å². The molecule has 0 aliphatic rings. The first kappa shape index (κ1) is 19.3. The fraction of sp³-hybridized carbons (Fsp3) is 0.300. The number of rotatable bonds is 7. The quantitative estimate of drug-likeness (QED) is 0.404. The lowest BCUT2D eigenvalue weighted by Gasteiger charge is -2.14. The number of methoxy groups -OCH3 is 1. The Hall–Kier alpha value is -3.02. The van der Waals surface area contributed by atoms with E-state index in [0.717, 1.165) is 16.9 Å². The summed E-state index contributed by atoms with van der Waals surface area (Å²) in [5.41, 5.74) is 2.86. The van der Waals surface area contributed by atoms with Gasteiger partial charge in [0.15, 0.2) is 5.96 Å². The van der Waals surface area contributed by atoms with Gasteiger partial charge in [-0.25, -0.2) is 0 Å². The number of aliphatic imine (C=N–C) groups is 1. The van der Waals surface area contributed by atoms with Gasteiger partial charge in [0.25, 0.3) is 5.91 Å². The van der Waals surface area contributed by atoms with Crippen LogP contribution in [0.4, 0.5) is 0 Å². The van der Waals surface area contributed by atoms with Gasteiger partial charge in [-0.2, -0.15) is 0 Å². The van der Waals surface area contributed by atoms with Crippen LogP contribution in [0.25, 0.3) is 0 Å². The largest absolute Gasteiger partial charge is 0.496 e. The normalized spacial score (nSPS) is 11.0. The van der Waals surface area contributed by atoms with Crippen LogP contribution in [0.3, 0.4) is 0 Å². The maximum Gasteiger partial charge on any atom is 0.251 e. The maximum atomic E-state index is 12.0. The average Bonchev–Trinajstić information content (AvgIpc) is 2.68. The molecule has 138 valence electrons. The van der Waals surface area contributed by atoms with E-state index >= 15 is 0 Å². The van der Waals surface area contributed by atoms with Gasteiger partial charge in [-0.05, 0) is 30.7 Å². The highest BCUT2D eigenvalue weighted by Crippen LogP contribution is 2.19. The van der Waals surface area contributed by atoms with Crippen LogP contribution in [0.15, 0.2) is 53.5 Å². The van der Waals surface area contributed by atoms with Crippen LogP contribution in [0.2, 0.25) is 0 Å². The molecule has 6 nitrogen and oxygen atoms in total. The molecule has 0 aliphatic carbocycles. The van der Waals surface area contributed by atoms with Gasteiger partial charge in [-0.1, -0.05) is 30.3 Å². The SMILES string of the molecule is CN=C(NCCNC(=O)c1ccccc1)NCc1ccc(C)cc1OC. The second kappa shape index (κ2) is 10.1. The van der Waals surface area contributed by atoms with Crippen molar-refractivity contribution in [3.63, 3.8) is 0 Å². The van der Waals surface area contributed by atoms with Crippen LogP contribution >= 0.6 is 0 Å². The minimum Gasteiger partial charge on any atom is -0.496 e. The number of carbonyl (C=O) groups is 1. The summed E-state index contributed by atoms with van der Waals surface area (Å²) >= 11 is 0. The zero-order valence-corrected chi connectivity index (χ0v) is 15.5. The van der Waals surface area contributed by atoms with E-state index in [4.69, 9.17) is 4.74 Å². The second-order valence-corrected chi connectivity index (χ2v) is 5.79. The van der Waals surface area contributed by atoms with Crippen molar-refractivity contribution >= 4 is 11.9 Å². The molecule has 0 aliphatic heterocycles. The van der Waals surface area contributed by atoms with Crippen molar-refractivity contribution in [1.29, 1.82) is 0 Å². The molecule has 0 saturated heterocycles. The molecular weight excluding hydrogens is 328 g/mol. The first-order valence-electron chi connectivity index (χ1n) is 8.55. The van der Waals surface area contributed by atoms with Gasteiger partial charge in [0.2, 0.25) is 0 Å². The summed E-state index contributed by atoms with van der Waals surface area (Å²) in [6, 6.07) is 15.2. The number of carbonyl (C=O) groups excluding carboxylic acids is 1. The molecule has 26 heavy (non-hydrogen) atoms. The molecular formula is C20H26N4O2. The van der Waals surface area contributed by atoms with Crippen LogP contribution < -0.4 is 20.7 Å². The molecule has 6 heteroatoms. The maximum absolute atomic E-state index is 12.0. The molecule has 0 radical (unpaired) electrons. The third-order valence-corrected chi connectivity index (χ3v) is 3.85. The number of nitrogens with one attached hydrogen (secondary N) is 3. The van der Waals surface area contributed by atoms with Crippen molar-refractivity contribution in [2.75, 3.05) is 27.2 Å². The molecule has 0 unspecified atom stereocenters. The molecule has 0 saturated carbocycles. The van der Waals surface area contributed by atoms with Gasteiger partial charge in [0.1, 0.15) is 5.75 Å². The monoisotopic (exact) mass is 354 g/mol. The molecule has 1 amide bonds. The Morgan fingerprint density at radius 1 is 1.04 bits per heavy atom. The highest BCUT2D eigenvalue weighted by molar-refractivity contribution is 5.94. The molecule has 0 spiro atoms. The van der Waals surface area contributed by atoms with Crippen LogP contribution in [-0.2, 0) is 6.54 Å². The van der Waals surface area contributed by atoms with Crippen molar-refractivity contribution in [1.82, 2.24) is 16.0 Å². The fourth-order valence-corrected chi connectivity index (χ4v) is 2.45. The van der Waals surface area contributed by atoms with E-state index in [9.17, 15) is 4.79 Å². The lowest BCUT2D eigenvalue weighted by molar-refractivity contribution is 0.0954. The summed E-state index contributed by atoms with van der Waals surface area (Å²) in [4.78, 5) is 16.2. The van der Waals surface area contributed by atoms with Gasteiger partial charge in [0.05, 0.1) is 7.11 Å². The third-order valence-electron chi connectivity index (χ3n) is 3.85. The van der Waals surface area contributed by atoms with Crippen LogP contribution in [0, 0.1) is 6.92 Å². The minimum atomic E-state index is -0.0836. The average molecular weight is 354 g/mol. The van der Waals surface area contributed by atoms with Gasteiger partial charge < -0.3 is 20.7 Å². The van der Waals surface area contributed by atoms with Gasteiger partial charge in [-0.3, -0.25) is 9.79 Å². The van der Waals surface area contributed by atoms with E-state index in [1.807, 2.05) is 37.3 Å². The summed E-state index contributed by atoms with van der Waals surface area (Å²) in [5.74, 6) is 1.43.